The monoisotopic (exact) mass is 298 g/mol. The van der Waals surface area contributed by atoms with Crippen LogP contribution >= 0.6 is 0 Å². The first kappa shape index (κ1) is 15.5. The Kier molecular flexibility index (Phi) is 5.29. The molecule has 1 aromatic rings. The third-order valence-corrected chi connectivity index (χ3v) is 3.11. The third-order valence-electron chi connectivity index (χ3n) is 3.11. The lowest BCUT2D eigenvalue weighted by molar-refractivity contribution is -0.145. The Balaban J connectivity index is 1.96. The summed E-state index contributed by atoms with van der Waals surface area (Å²) in [5.41, 5.74) is 0.223. The summed E-state index contributed by atoms with van der Waals surface area (Å²) in [6.45, 7) is 1.40. The van der Waals surface area contributed by atoms with E-state index >= 15 is 0 Å². The summed E-state index contributed by atoms with van der Waals surface area (Å²) in [4.78, 5) is 25.2. The van der Waals surface area contributed by atoms with E-state index in [0.29, 0.717) is 25.5 Å². The second-order valence-corrected chi connectivity index (χ2v) is 4.64. The van der Waals surface area contributed by atoms with Gasteiger partial charge in [-0.25, -0.2) is 0 Å². The van der Waals surface area contributed by atoms with E-state index < -0.39 is 0 Å². The van der Waals surface area contributed by atoms with Crippen molar-refractivity contribution in [3.63, 3.8) is 0 Å². The normalized spacial score (nSPS) is 18.6. The van der Waals surface area contributed by atoms with Gasteiger partial charge in [-0.05, 0) is 0 Å². The van der Waals surface area contributed by atoms with Crippen LogP contribution in [0, 0.1) is 0 Å². The van der Waals surface area contributed by atoms with Crippen LogP contribution in [0.1, 0.15) is 22.7 Å². The van der Waals surface area contributed by atoms with Crippen molar-refractivity contribution in [1.82, 2.24) is 10.1 Å². The number of methoxy groups -OCH3 is 2. The Bertz CT molecular complexity index is 501. The zero-order valence-electron chi connectivity index (χ0n) is 12.0. The van der Waals surface area contributed by atoms with Crippen LogP contribution in [0.25, 0.3) is 0 Å². The number of hydrogen-bond acceptors (Lipinski definition) is 7. The van der Waals surface area contributed by atoms with E-state index in [-0.39, 0.29) is 36.7 Å². The molecule has 1 amide bonds. The lowest BCUT2D eigenvalue weighted by atomic mass is 10.2. The summed E-state index contributed by atoms with van der Waals surface area (Å²) in [5.74, 6) is -0.127. The van der Waals surface area contributed by atoms with Crippen LogP contribution < -0.4 is 0 Å². The number of carbonyl (C=O) groups excluding carboxylic acids is 2. The molecule has 1 aliphatic rings. The second kappa shape index (κ2) is 7.19. The Morgan fingerprint density at radius 3 is 3.00 bits per heavy atom. The van der Waals surface area contributed by atoms with E-state index in [9.17, 15) is 9.59 Å². The van der Waals surface area contributed by atoms with Crippen molar-refractivity contribution < 1.29 is 28.3 Å². The molecular weight excluding hydrogens is 280 g/mol. The summed E-state index contributed by atoms with van der Waals surface area (Å²) in [5, 5.41) is 3.73. The number of carbonyl (C=O) groups is 2. The number of esters is 1. The van der Waals surface area contributed by atoms with Gasteiger partial charge in [0, 0.05) is 26.3 Å². The lowest BCUT2D eigenvalue weighted by Gasteiger charge is -2.31. The maximum absolute atomic E-state index is 12.3. The summed E-state index contributed by atoms with van der Waals surface area (Å²) in [7, 11) is 2.85. The number of morpholine rings is 1. The minimum atomic E-state index is -0.363. The largest absolute Gasteiger partial charge is 0.469 e. The van der Waals surface area contributed by atoms with Crippen molar-refractivity contribution in [3.8, 4) is 0 Å². The maximum Gasteiger partial charge on any atom is 0.308 e. The van der Waals surface area contributed by atoms with Crippen molar-refractivity contribution in [3.05, 3.63) is 17.5 Å². The van der Waals surface area contributed by atoms with Gasteiger partial charge in [-0.2, -0.15) is 0 Å². The molecule has 1 saturated heterocycles. The molecule has 21 heavy (non-hydrogen) atoms. The molecular formula is C13H18N2O6. The minimum Gasteiger partial charge on any atom is -0.469 e. The first-order chi connectivity index (χ1) is 10.1. The number of ether oxygens (including phenoxy) is 3. The maximum atomic E-state index is 12.3. The Morgan fingerprint density at radius 1 is 1.48 bits per heavy atom. The van der Waals surface area contributed by atoms with Crippen molar-refractivity contribution in [1.29, 1.82) is 0 Å². The fourth-order valence-corrected chi connectivity index (χ4v) is 2.08. The van der Waals surface area contributed by atoms with Crippen LogP contribution in [0.2, 0.25) is 0 Å². The van der Waals surface area contributed by atoms with Crippen LogP contribution in [0.5, 0.6) is 0 Å². The van der Waals surface area contributed by atoms with Crippen molar-refractivity contribution in [2.24, 2.45) is 0 Å². The fraction of sp³-hybridized carbons (Fsp3) is 0.615. The van der Waals surface area contributed by atoms with Crippen molar-refractivity contribution >= 4 is 11.9 Å². The number of nitrogens with zero attached hydrogens (tertiary/aromatic N) is 2. The van der Waals surface area contributed by atoms with E-state index in [1.807, 2.05) is 0 Å². The van der Waals surface area contributed by atoms with Crippen LogP contribution in [0.15, 0.2) is 10.6 Å². The molecule has 8 nitrogen and oxygen atoms in total. The number of rotatable bonds is 5. The molecule has 1 aliphatic heterocycles. The molecule has 1 atom stereocenters. The molecule has 0 spiro atoms. The summed E-state index contributed by atoms with van der Waals surface area (Å²) in [6.07, 6.45) is -0.242. The summed E-state index contributed by atoms with van der Waals surface area (Å²) < 4.78 is 20.0. The molecule has 2 heterocycles. The molecule has 8 heteroatoms. The summed E-state index contributed by atoms with van der Waals surface area (Å²) >= 11 is 0. The minimum absolute atomic E-state index is 0.119. The van der Waals surface area contributed by atoms with Crippen LogP contribution in [0.4, 0.5) is 0 Å². The van der Waals surface area contributed by atoms with Gasteiger partial charge in [-0.3, -0.25) is 9.59 Å². The Labute approximate surface area is 121 Å². The highest BCUT2D eigenvalue weighted by molar-refractivity contribution is 5.92. The van der Waals surface area contributed by atoms with Gasteiger partial charge in [0.05, 0.1) is 26.2 Å². The molecule has 0 saturated carbocycles. The molecule has 0 aliphatic carbocycles. The third kappa shape index (κ3) is 4.02. The van der Waals surface area contributed by atoms with Crippen LogP contribution in [0.3, 0.4) is 0 Å². The topological polar surface area (TPSA) is 91.1 Å². The highest BCUT2D eigenvalue weighted by Gasteiger charge is 2.28. The fourth-order valence-electron chi connectivity index (χ4n) is 2.08. The Morgan fingerprint density at radius 2 is 2.29 bits per heavy atom. The van der Waals surface area contributed by atoms with Gasteiger partial charge in [0.2, 0.25) is 0 Å². The van der Waals surface area contributed by atoms with Gasteiger partial charge < -0.3 is 23.6 Å². The van der Waals surface area contributed by atoms with Gasteiger partial charge in [0.15, 0.2) is 11.5 Å². The first-order valence-electron chi connectivity index (χ1n) is 6.56. The van der Waals surface area contributed by atoms with E-state index in [2.05, 4.69) is 9.89 Å². The highest BCUT2D eigenvalue weighted by Crippen LogP contribution is 2.14. The molecule has 116 valence electrons. The van der Waals surface area contributed by atoms with E-state index in [1.165, 1.54) is 14.2 Å². The van der Waals surface area contributed by atoms with Crippen LogP contribution in [-0.4, -0.2) is 62.0 Å². The number of aromatic nitrogens is 1. The first-order valence-corrected chi connectivity index (χ1v) is 6.56. The predicted molar refractivity (Wildman–Crippen MR) is 69.5 cm³/mol. The lowest BCUT2D eigenvalue weighted by Crippen LogP contribution is -2.46. The summed E-state index contributed by atoms with van der Waals surface area (Å²) in [6, 6.07) is 1.55. The molecule has 0 aromatic carbocycles. The highest BCUT2D eigenvalue weighted by atomic mass is 16.5. The van der Waals surface area contributed by atoms with Crippen LogP contribution in [-0.2, 0) is 25.6 Å². The van der Waals surface area contributed by atoms with Crippen molar-refractivity contribution in [2.75, 3.05) is 33.9 Å². The Hall–Kier alpha value is -1.93. The van der Waals surface area contributed by atoms with Gasteiger partial charge in [-0.1, -0.05) is 5.16 Å². The van der Waals surface area contributed by atoms with Gasteiger partial charge >= 0.3 is 5.97 Å². The molecule has 0 bridgehead atoms. The average molecular weight is 298 g/mol. The molecule has 1 aromatic heterocycles. The smallest absolute Gasteiger partial charge is 0.308 e. The zero-order valence-corrected chi connectivity index (χ0v) is 12.0. The standard InChI is InChI=1S/C13H18N2O6/c1-18-8-10-5-11(14-21-10)13(17)15-3-4-20-9(7-15)6-12(16)19-2/h5,9H,3-4,6-8H2,1-2H3. The van der Waals surface area contributed by atoms with E-state index in [4.69, 9.17) is 14.0 Å². The second-order valence-electron chi connectivity index (χ2n) is 4.64. The van der Waals surface area contributed by atoms with Gasteiger partial charge in [0.1, 0.15) is 6.61 Å². The number of amides is 1. The van der Waals surface area contributed by atoms with Gasteiger partial charge in [-0.15, -0.1) is 0 Å². The van der Waals surface area contributed by atoms with Crippen molar-refractivity contribution in [2.45, 2.75) is 19.1 Å². The average Bonchev–Trinajstić information content (AvgIpc) is 2.95. The van der Waals surface area contributed by atoms with E-state index in [0.717, 1.165) is 0 Å². The van der Waals surface area contributed by atoms with E-state index in [1.54, 1.807) is 11.0 Å². The number of hydrogen-bond donors (Lipinski definition) is 0. The zero-order chi connectivity index (χ0) is 15.2. The molecule has 0 N–H and O–H groups in total. The molecule has 1 unspecified atom stereocenters. The van der Waals surface area contributed by atoms with Gasteiger partial charge in [0.25, 0.3) is 5.91 Å². The quantitative estimate of drug-likeness (QED) is 0.718. The SMILES string of the molecule is COCc1cc(C(=O)N2CCOC(CC(=O)OC)C2)no1. The molecule has 0 radical (unpaired) electrons. The molecule has 1 fully saturated rings. The molecule has 2 rings (SSSR count). The predicted octanol–water partition coefficient (Wildman–Crippen LogP) is 0.225.